The maximum Gasteiger partial charge on any atom is 0.255 e. The van der Waals surface area contributed by atoms with Gasteiger partial charge in [-0.05, 0) is 50.5 Å². The van der Waals surface area contributed by atoms with Gasteiger partial charge in [0, 0.05) is 50.1 Å². The van der Waals surface area contributed by atoms with Crippen LogP contribution in [-0.4, -0.2) is 71.7 Å². The highest BCUT2D eigenvalue weighted by Gasteiger charge is 2.56. The topological polar surface area (TPSA) is 54.9 Å². The summed E-state index contributed by atoms with van der Waals surface area (Å²) in [6.07, 6.45) is 13.5. The second-order valence-electron chi connectivity index (χ2n) is 9.69. The van der Waals surface area contributed by atoms with Crippen LogP contribution in [0.15, 0.2) is 18.3 Å². The lowest BCUT2D eigenvalue weighted by Crippen LogP contribution is -2.75. The molecule has 1 atom stereocenters. The fourth-order valence-corrected chi connectivity index (χ4v) is 5.82. The number of ether oxygens (including phenoxy) is 2. The minimum atomic E-state index is 0.0882. The van der Waals surface area contributed by atoms with Gasteiger partial charge in [0.25, 0.3) is 5.91 Å². The molecule has 3 heterocycles. The van der Waals surface area contributed by atoms with Crippen LogP contribution in [0, 0.1) is 5.92 Å². The quantitative estimate of drug-likeness (QED) is 0.714. The van der Waals surface area contributed by atoms with Crippen LogP contribution in [0.2, 0.25) is 0 Å². The van der Waals surface area contributed by atoms with Crippen molar-refractivity contribution in [1.82, 2.24) is 14.8 Å². The number of piperidine rings is 1. The van der Waals surface area contributed by atoms with E-state index in [1.54, 1.807) is 19.4 Å². The Kier molecular flexibility index (Phi) is 5.71. The van der Waals surface area contributed by atoms with E-state index in [-0.39, 0.29) is 11.4 Å². The average molecular weight is 414 g/mol. The van der Waals surface area contributed by atoms with Crippen molar-refractivity contribution in [2.24, 2.45) is 5.92 Å². The molecule has 1 aromatic rings. The molecule has 0 N–H and O–H groups in total. The molecule has 2 saturated heterocycles. The number of hydrogen-bond donors (Lipinski definition) is 0. The minimum absolute atomic E-state index is 0.0882. The largest absolute Gasteiger partial charge is 0.481 e. The first kappa shape index (κ1) is 20.3. The predicted octanol–water partition coefficient (Wildman–Crippen LogP) is 3.51. The summed E-state index contributed by atoms with van der Waals surface area (Å²) < 4.78 is 11.5. The Balaban J connectivity index is 1.18. The molecule has 164 valence electrons. The molecule has 0 bridgehead atoms. The van der Waals surface area contributed by atoms with E-state index in [0.29, 0.717) is 23.6 Å². The summed E-state index contributed by atoms with van der Waals surface area (Å²) in [6, 6.07) is 4.16. The molecule has 4 aliphatic rings. The zero-order valence-electron chi connectivity index (χ0n) is 18.2. The summed E-state index contributed by atoms with van der Waals surface area (Å²) in [5, 5.41) is 0. The highest BCUT2D eigenvalue weighted by molar-refractivity contribution is 5.94. The van der Waals surface area contributed by atoms with Crippen LogP contribution < -0.4 is 4.74 Å². The molecule has 0 aromatic carbocycles. The molecule has 2 saturated carbocycles. The number of nitrogens with zero attached hydrogens (tertiary/aromatic N) is 3. The average Bonchev–Trinajstić information content (AvgIpc) is 3.63. The van der Waals surface area contributed by atoms with Gasteiger partial charge in [-0.25, -0.2) is 4.98 Å². The predicted molar refractivity (Wildman–Crippen MR) is 115 cm³/mol. The summed E-state index contributed by atoms with van der Waals surface area (Å²) >= 11 is 0. The summed E-state index contributed by atoms with van der Waals surface area (Å²) in [5.74, 6) is 1.46. The van der Waals surface area contributed by atoms with Gasteiger partial charge >= 0.3 is 0 Å². The van der Waals surface area contributed by atoms with Crippen molar-refractivity contribution < 1.29 is 14.3 Å². The molecule has 0 radical (unpaired) electrons. The molecule has 6 heteroatoms. The number of carbonyl (C=O) groups excluding carboxylic acids is 1. The number of aromatic nitrogens is 1. The summed E-state index contributed by atoms with van der Waals surface area (Å²) in [4.78, 5) is 21.8. The van der Waals surface area contributed by atoms with Gasteiger partial charge in [-0.15, -0.1) is 0 Å². The summed E-state index contributed by atoms with van der Waals surface area (Å²) in [6.45, 7) is 3.72. The number of carbonyl (C=O) groups is 1. The molecule has 2 aliphatic carbocycles. The van der Waals surface area contributed by atoms with Gasteiger partial charge in [-0.2, -0.15) is 0 Å². The smallest absolute Gasteiger partial charge is 0.255 e. The number of rotatable bonds is 6. The zero-order chi connectivity index (χ0) is 20.6. The summed E-state index contributed by atoms with van der Waals surface area (Å²) in [5.41, 5.74) is 0.930. The van der Waals surface area contributed by atoms with Gasteiger partial charge in [0.05, 0.1) is 18.8 Å². The van der Waals surface area contributed by atoms with Gasteiger partial charge in [-0.1, -0.05) is 19.3 Å². The third-order valence-corrected chi connectivity index (χ3v) is 7.87. The Morgan fingerprint density at radius 2 is 1.90 bits per heavy atom. The van der Waals surface area contributed by atoms with Crippen LogP contribution in [0.25, 0.3) is 0 Å². The standard InChI is InChI=1S/C24H35N3O3/c1-29-22-8-7-19(15-25-22)23(28)26-13-9-20(10-14-26)27-16-21(30-17-18-5-6-18)24(27)11-3-2-4-12-24/h7-8,15,18,20-21H,2-6,9-14,16-17H2,1H3. The van der Waals surface area contributed by atoms with Crippen molar-refractivity contribution in [2.45, 2.75) is 75.5 Å². The Labute approximate surface area is 179 Å². The Hall–Kier alpha value is -1.66. The van der Waals surface area contributed by atoms with Gasteiger partial charge in [0.1, 0.15) is 0 Å². The molecule has 1 spiro atoms. The van der Waals surface area contributed by atoms with Crippen LogP contribution in [0.4, 0.5) is 0 Å². The first-order valence-electron chi connectivity index (χ1n) is 11.9. The zero-order valence-corrected chi connectivity index (χ0v) is 18.2. The van der Waals surface area contributed by atoms with Crippen molar-refractivity contribution >= 4 is 5.91 Å². The van der Waals surface area contributed by atoms with E-state index in [0.717, 1.165) is 45.0 Å². The Morgan fingerprint density at radius 1 is 1.13 bits per heavy atom. The molecular formula is C24H35N3O3. The lowest BCUT2D eigenvalue weighted by atomic mass is 9.69. The molecule has 4 fully saturated rings. The van der Waals surface area contributed by atoms with Crippen molar-refractivity contribution in [3.05, 3.63) is 23.9 Å². The Bertz CT molecular complexity index is 735. The van der Waals surface area contributed by atoms with Crippen molar-refractivity contribution in [1.29, 1.82) is 0 Å². The fraction of sp³-hybridized carbons (Fsp3) is 0.750. The van der Waals surface area contributed by atoms with E-state index in [1.807, 2.05) is 11.0 Å². The molecule has 30 heavy (non-hydrogen) atoms. The maximum absolute atomic E-state index is 12.9. The van der Waals surface area contributed by atoms with E-state index in [4.69, 9.17) is 9.47 Å². The van der Waals surface area contributed by atoms with E-state index in [1.165, 1.54) is 44.9 Å². The highest BCUT2D eigenvalue weighted by Crippen LogP contribution is 2.48. The third kappa shape index (κ3) is 3.84. The van der Waals surface area contributed by atoms with Gasteiger partial charge < -0.3 is 14.4 Å². The molecule has 1 amide bonds. The van der Waals surface area contributed by atoms with Crippen LogP contribution in [-0.2, 0) is 4.74 Å². The van der Waals surface area contributed by atoms with E-state index in [2.05, 4.69) is 9.88 Å². The third-order valence-electron chi connectivity index (χ3n) is 7.87. The fourth-order valence-electron chi connectivity index (χ4n) is 5.82. The molecule has 1 unspecified atom stereocenters. The lowest BCUT2D eigenvalue weighted by Gasteiger charge is -2.63. The second kappa shape index (κ2) is 8.46. The van der Waals surface area contributed by atoms with Crippen LogP contribution in [0.5, 0.6) is 5.88 Å². The first-order chi connectivity index (χ1) is 14.7. The van der Waals surface area contributed by atoms with Crippen LogP contribution >= 0.6 is 0 Å². The Morgan fingerprint density at radius 3 is 2.53 bits per heavy atom. The van der Waals surface area contributed by atoms with E-state index >= 15 is 0 Å². The lowest BCUT2D eigenvalue weighted by molar-refractivity contribution is -0.202. The van der Waals surface area contributed by atoms with E-state index in [9.17, 15) is 4.79 Å². The highest BCUT2D eigenvalue weighted by atomic mass is 16.5. The van der Waals surface area contributed by atoms with Crippen LogP contribution in [0.1, 0.15) is 68.1 Å². The van der Waals surface area contributed by atoms with Crippen LogP contribution in [0.3, 0.4) is 0 Å². The van der Waals surface area contributed by atoms with E-state index < -0.39 is 0 Å². The number of amides is 1. The number of hydrogen-bond acceptors (Lipinski definition) is 5. The number of pyridine rings is 1. The molecule has 6 nitrogen and oxygen atoms in total. The van der Waals surface area contributed by atoms with Crippen molar-refractivity contribution in [2.75, 3.05) is 33.4 Å². The normalized spacial score (nSPS) is 27.1. The van der Waals surface area contributed by atoms with Crippen molar-refractivity contribution in [3.8, 4) is 5.88 Å². The number of methoxy groups -OCH3 is 1. The maximum atomic E-state index is 12.9. The molecule has 2 aliphatic heterocycles. The second-order valence-corrected chi connectivity index (χ2v) is 9.69. The van der Waals surface area contributed by atoms with Gasteiger partial charge in [0.2, 0.25) is 5.88 Å². The summed E-state index contributed by atoms with van der Waals surface area (Å²) in [7, 11) is 1.59. The number of likely N-dealkylation sites (tertiary alicyclic amines) is 2. The van der Waals surface area contributed by atoms with Crippen molar-refractivity contribution in [3.63, 3.8) is 0 Å². The molecule has 1 aromatic heterocycles. The first-order valence-corrected chi connectivity index (χ1v) is 11.9. The molecular weight excluding hydrogens is 378 g/mol. The minimum Gasteiger partial charge on any atom is -0.481 e. The SMILES string of the molecule is COc1ccc(C(=O)N2CCC(N3CC(OCC4CC4)C34CCCCC4)CC2)cn1. The van der Waals surface area contributed by atoms with Gasteiger partial charge in [0.15, 0.2) is 0 Å². The molecule has 5 rings (SSSR count). The monoisotopic (exact) mass is 413 g/mol. The van der Waals surface area contributed by atoms with Gasteiger partial charge in [-0.3, -0.25) is 9.69 Å².